The van der Waals surface area contributed by atoms with E-state index in [-0.39, 0.29) is 6.61 Å². The maximum absolute atomic E-state index is 12.7. The summed E-state index contributed by atoms with van der Waals surface area (Å²) < 4.78 is 47.1. The largest absolute Gasteiger partial charge is 0.459 e. The quantitative estimate of drug-likeness (QED) is 0.570. The van der Waals surface area contributed by atoms with Crippen LogP contribution >= 0.6 is 0 Å². The summed E-state index contributed by atoms with van der Waals surface area (Å²) in [5.74, 6) is -2.29. The Morgan fingerprint density at radius 1 is 1.23 bits per heavy atom. The number of carbonyl (C=O) groups is 2. The van der Waals surface area contributed by atoms with Crippen LogP contribution in [-0.2, 0) is 25.7 Å². The molecule has 1 atom stereocenters. The van der Waals surface area contributed by atoms with Crippen LogP contribution in [0.3, 0.4) is 0 Å². The van der Waals surface area contributed by atoms with Gasteiger partial charge in [-0.25, -0.2) is 4.79 Å². The predicted octanol–water partition coefficient (Wildman–Crippen LogP) is 0.710. The van der Waals surface area contributed by atoms with Gasteiger partial charge in [0, 0.05) is 0 Å². The van der Waals surface area contributed by atoms with Crippen molar-refractivity contribution < 1.29 is 32.2 Å². The van der Waals surface area contributed by atoms with Gasteiger partial charge in [-0.05, 0) is 5.56 Å². The first-order valence-corrected chi connectivity index (χ1v) is 6.20. The molecule has 22 heavy (non-hydrogen) atoms. The molecule has 122 valence electrons. The molecule has 0 aromatic heterocycles. The van der Waals surface area contributed by atoms with Gasteiger partial charge in [0.05, 0.1) is 6.54 Å². The predicted molar refractivity (Wildman–Crippen MR) is 69.2 cm³/mol. The second-order valence-electron chi connectivity index (χ2n) is 4.13. The van der Waals surface area contributed by atoms with Gasteiger partial charge in [-0.15, -0.1) is 0 Å². The van der Waals surface area contributed by atoms with Crippen molar-refractivity contribution in [2.24, 2.45) is 5.73 Å². The summed E-state index contributed by atoms with van der Waals surface area (Å²) >= 11 is 0. The summed E-state index contributed by atoms with van der Waals surface area (Å²) in [7, 11) is 0. The summed E-state index contributed by atoms with van der Waals surface area (Å²) in [6.07, 6.45) is -7.74. The SMILES string of the molecule is NCC(=O)NCOC(C(=O)OCc1ccccc1)C(F)(F)F. The van der Waals surface area contributed by atoms with E-state index < -0.39 is 37.4 Å². The highest BCUT2D eigenvalue weighted by molar-refractivity contribution is 5.78. The Hall–Kier alpha value is -2.13. The van der Waals surface area contributed by atoms with Crippen LogP contribution in [-0.4, -0.2) is 37.4 Å². The number of nitrogens with one attached hydrogen (secondary N) is 1. The number of nitrogens with two attached hydrogens (primary N) is 1. The fraction of sp³-hybridized carbons (Fsp3) is 0.385. The second kappa shape index (κ2) is 8.35. The first-order chi connectivity index (χ1) is 10.3. The van der Waals surface area contributed by atoms with Crippen molar-refractivity contribution >= 4 is 11.9 Å². The molecule has 0 aliphatic heterocycles. The van der Waals surface area contributed by atoms with Gasteiger partial charge in [0.1, 0.15) is 13.3 Å². The average Bonchev–Trinajstić information content (AvgIpc) is 2.48. The van der Waals surface area contributed by atoms with E-state index in [0.29, 0.717) is 5.56 Å². The molecule has 0 spiro atoms. The molecule has 3 N–H and O–H groups in total. The van der Waals surface area contributed by atoms with Crippen LogP contribution in [0.15, 0.2) is 30.3 Å². The fourth-order valence-corrected chi connectivity index (χ4v) is 1.38. The van der Waals surface area contributed by atoms with Crippen LogP contribution in [0.25, 0.3) is 0 Å². The van der Waals surface area contributed by atoms with Gasteiger partial charge in [-0.2, -0.15) is 13.2 Å². The Kier molecular flexibility index (Phi) is 6.80. The van der Waals surface area contributed by atoms with Gasteiger partial charge in [-0.1, -0.05) is 30.3 Å². The molecule has 0 heterocycles. The van der Waals surface area contributed by atoms with Crippen molar-refractivity contribution in [2.75, 3.05) is 13.3 Å². The molecule has 1 amide bonds. The normalized spacial score (nSPS) is 12.5. The number of carbonyl (C=O) groups excluding carboxylic acids is 2. The summed E-state index contributed by atoms with van der Waals surface area (Å²) in [6.45, 7) is -1.52. The lowest BCUT2D eigenvalue weighted by molar-refractivity contribution is -0.232. The Balaban J connectivity index is 2.55. The van der Waals surface area contributed by atoms with Crippen LogP contribution < -0.4 is 11.1 Å². The molecule has 1 aromatic rings. The van der Waals surface area contributed by atoms with Crippen molar-refractivity contribution in [2.45, 2.75) is 18.9 Å². The fourth-order valence-electron chi connectivity index (χ4n) is 1.38. The lowest BCUT2D eigenvalue weighted by Gasteiger charge is -2.19. The van der Waals surface area contributed by atoms with E-state index in [9.17, 15) is 22.8 Å². The molecule has 0 bridgehead atoms. The van der Waals surface area contributed by atoms with Crippen molar-refractivity contribution in [1.29, 1.82) is 0 Å². The number of benzene rings is 1. The monoisotopic (exact) mass is 320 g/mol. The van der Waals surface area contributed by atoms with E-state index in [0.717, 1.165) is 0 Å². The molecule has 0 aliphatic rings. The summed E-state index contributed by atoms with van der Waals surface area (Å²) in [5.41, 5.74) is 5.50. The Morgan fingerprint density at radius 3 is 2.41 bits per heavy atom. The smallest absolute Gasteiger partial charge is 0.425 e. The third-order valence-electron chi connectivity index (χ3n) is 2.44. The van der Waals surface area contributed by atoms with Crippen molar-refractivity contribution in [3.63, 3.8) is 0 Å². The van der Waals surface area contributed by atoms with Gasteiger partial charge >= 0.3 is 12.1 Å². The maximum Gasteiger partial charge on any atom is 0.425 e. The molecule has 0 aliphatic carbocycles. The van der Waals surface area contributed by atoms with Gasteiger partial charge < -0.3 is 20.5 Å². The molecule has 0 radical (unpaired) electrons. The minimum atomic E-state index is -4.96. The molecule has 1 rings (SSSR count). The number of alkyl halides is 3. The topological polar surface area (TPSA) is 90.7 Å². The lowest BCUT2D eigenvalue weighted by atomic mass is 10.2. The number of rotatable bonds is 7. The van der Waals surface area contributed by atoms with Gasteiger partial charge in [-0.3, -0.25) is 4.79 Å². The molecule has 6 nitrogen and oxygen atoms in total. The lowest BCUT2D eigenvalue weighted by Crippen LogP contribution is -2.43. The van der Waals surface area contributed by atoms with Gasteiger partial charge in [0.25, 0.3) is 6.10 Å². The minimum Gasteiger partial charge on any atom is -0.459 e. The molecular weight excluding hydrogens is 305 g/mol. The molecule has 1 unspecified atom stereocenters. The highest BCUT2D eigenvalue weighted by Crippen LogP contribution is 2.24. The average molecular weight is 320 g/mol. The number of hydrogen-bond acceptors (Lipinski definition) is 5. The molecule has 1 aromatic carbocycles. The zero-order valence-corrected chi connectivity index (χ0v) is 11.4. The Morgan fingerprint density at radius 2 is 1.86 bits per heavy atom. The highest BCUT2D eigenvalue weighted by atomic mass is 19.4. The van der Waals surface area contributed by atoms with E-state index in [1.54, 1.807) is 30.3 Å². The summed E-state index contributed by atoms with van der Waals surface area (Å²) in [6, 6.07) is 8.22. The van der Waals surface area contributed by atoms with Crippen LogP contribution in [0.1, 0.15) is 5.56 Å². The minimum absolute atomic E-state index is 0.315. The van der Waals surface area contributed by atoms with Crippen LogP contribution in [0.2, 0.25) is 0 Å². The van der Waals surface area contributed by atoms with E-state index in [4.69, 9.17) is 5.73 Å². The van der Waals surface area contributed by atoms with Crippen LogP contribution in [0.5, 0.6) is 0 Å². The third-order valence-corrected chi connectivity index (χ3v) is 2.44. The first-order valence-electron chi connectivity index (χ1n) is 6.20. The number of ether oxygens (including phenoxy) is 2. The van der Waals surface area contributed by atoms with Gasteiger partial charge in [0.2, 0.25) is 5.91 Å². The Labute approximate surface area is 124 Å². The second-order valence-corrected chi connectivity index (χ2v) is 4.13. The number of halogens is 3. The van der Waals surface area contributed by atoms with E-state index in [1.165, 1.54) is 0 Å². The Bertz CT molecular complexity index is 494. The van der Waals surface area contributed by atoms with Crippen molar-refractivity contribution in [1.82, 2.24) is 5.32 Å². The molecule has 0 saturated heterocycles. The zero-order chi connectivity index (χ0) is 16.6. The molecule has 0 fully saturated rings. The number of esters is 1. The van der Waals surface area contributed by atoms with E-state index in [1.807, 2.05) is 5.32 Å². The van der Waals surface area contributed by atoms with Crippen molar-refractivity contribution in [3.05, 3.63) is 35.9 Å². The molecular formula is C13H15F3N2O4. The number of amides is 1. The first kappa shape index (κ1) is 17.9. The summed E-state index contributed by atoms with van der Waals surface area (Å²) in [5, 5.41) is 1.97. The van der Waals surface area contributed by atoms with Crippen molar-refractivity contribution in [3.8, 4) is 0 Å². The number of hydrogen-bond donors (Lipinski definition) is 2. The standard InChI is InChI=1S/C13H15F3N2O4/c14-13(15,16)11(22-8-18-10(19)6-17)12(20)21-7-9-4-2-1-3-5-9/h1-5,11H,6-8,17H2,(H,18,19). The third kappa shape index (κ3) is 6.10. The van der Waals surface area contributed by atoms with Crippen LogP contribution in [0.4, 0.5) is 13.2 Å². The zero-order valence-electron chi connectivity index (χ0n) is 11.4. The van der Waals surface area contributed by atoms with E-state index >= 15 is 0 Å². The summed E-state index contributed by atoms with van der Waals surface area (Å²) in [4.78, 5) is 22.3. The highest BCUT2D eigenvalue weighted by Gasteiger charge is 2.47. The van der Waals surface area contributed by atoms with Gasteiger partial charge in [0.15, 0.2) is 0 Å². The molecule has 9 heteroatoms. The van der Waals surface area contributed by atoms with Crippen LogP contribution in [0, 0.1) is 0 Å². The maximum atomic E-state index is 12.7. The van der Waals surface area contributed by atoms with E-state index in [2.05, 4.69) is 9.47 Å². The molecule has 0 saturated carbocycles.